The second kappa shape index (κ2) is 15.3. The number of nitrogens with zero attached hydrogens (tertiary/aromatic N) is 1. The highest BCUT2D eigenvalue weighted by atomic mass is 32.2. The molecule has 4 aromatic carbocycles. The summed E-state index contributed by atoms with van der Waals surface area (Å²) in [4.78, 5) is 28.3. The van der Waals surface area contributed by atoms with E-state index in [1.54, 1.807) is 36.4 Å². The molecule has 0 aliphatic carbocycles. The van der Waals surface area contributed by atoms with Crippen LogP contribution in [-0.2, 0) is 21.1 Å². The third-order valence-corrected chi connectivity index (χ3v) is 8.40. The number of aromatic nitrogens is 1. The van der Waals surface area contributed by atoms with Crippen LogP contribution in [0.15, 0.2) is 120 Å². The van der Waals surface area contributed by atoms with Crippen molar-refractivity contribution in [1.29, 1.82) is 0 Å². The van der Waals surface area contributed by atoms with Gasteiger partial charge in [0.15, 0.2) is 9.84 Å². The normalized spacial score (nSPS) is 11.5. The number of amides is 1. The van der Waals surface area contributed by atoms with Crippen molar-refractivity contribution in [3.05, 3.63) is 127 Å². The van der Waals surface area contributed by atoms with Gasteiger partial charge in [-0.1, -0.05) is 42.5 Å². The summed E-state index contributed by atoms with van der Waals surface area (Å²) in [5.41, 5.74) is 2.12. The zero-order chi connectivity index (χ0) is 32.2. The minimum Gasteiger partial charge on any atom is -0.508 e. The van der Waals surface area contributed by atoms with Crippen molar-refractivity contribution >= 4 is 32.6 Å². The maximum atomic E-state index is 12.4. The van der Waals surface area contributed by atoms with Gasteiger partial charge in [-0.2, -0.15) is 0 Å². The third kappa shape index (κ3) is 9.54. The van der Waals surface area contributed by atoms with Gasteiger partial charge in [-0.3, -0.25) is 9.78 Å². The zero-order valence-electron chi connectivity index (χ0n) is 24.4. The molecule has 0 aliphatic rings. The van der Waals surface area contributed by atoms with E-state index in [-0.39, 0.29) is 27.7 Å². The number of sulfone groups is 1. The van der Waals surface area contributed by atoms with Gasteiger partial charge in [0.1, 0.15) is 17.2 Å². The first-order valence-corrected chi connectivity index (χ1v) is 15.5. The van der Waals surface area contributed by atoms with Crippen LogP contribution in [0.2, 0.25) is 0 Å². The van der Waals surface area contributed by atoms with Gasteiger partial charge in [-0.05, 0) is 85.1 Å². The molecule has 0 fully saturated rings. The summed E-state index contributed by atoms with van der Waals surface area (Å²) < 4.78 is 35.3. The van der Waals surface area contributed by atoms with Gasteiger partial charge in [0.05, 0.1) is 23.3 Å². The minimum absolute atomic E-state index is 0.00346. The highest BCUT2D eigenvalue weighted by Crippen LogP contribution is 2.19. The fourth-order valence-corrected chi connectivity index (χ4v) is 5.54. The standard InChI is InChI=1S/C25H25NO8S.C9H7N/c1-33-21-6-2-5-18(16-21)23(28)26-24(25(29)30)34-20-11-7-17(8-12-20)4-3-15-35(31,32)22-13-9-19(27)10-14-22;1-2-6-9-8(4-1)5-3-7-10-9/h2,5-14,16,24,27H,3-4,15H2,1H3,(H,26,28)(H,29,30);1-7H. The number of benzene rings is 4. The molecule has 11 heteroatoms. The lowest BCUT2D eigenvalue weighted by atomic mass is 10.1. The largest absolute Gasteiger partial charge is 0.508 e. The van der Waals surface area contributed by atoms with Crippen molar-refractivity contribution < 1.29 is 37.7 Å². The van der Waals surface area contributed by atoms with E-state index in [4.69, 9.17) is 9.47 Å². The maximum absolute atomic E-state index is 12.4. The van der Waals surface area contributed by atoms with Crippen LogP contribution in [0, 0.1) is 0 Å². The van der Waals surface area contributed by atoms with Gasteiger partial charge in [0.2, 0.25) is 0 Å². The molecule has 0 radical (unpaired) electrons. The van der Waals surface area contributed by atoms with Crippen molar-refractivity contribution in [3.8, 4) is 17.2 Å². The number of aliphatic carboxylic acids is 1. The van der Waals surface area contributed by atoms with E-state index in [0.717, 1.165) is 11.1 Å². The minimum atomic E-state index is -3.47. The van der Waals surface area contributed by atoms with E-state index in [1.807, 2.05) is 30.5 Å². The summed E-state index contributed by atoms with van der Waals surface area (Å²) in [5.74, 6) is -1.39. The number of para-hydroxylation sites is 1. The lowest BCUT2D eigenvalue weighted by molar-refractivity contribution is -0.146. The monoisotopic (exact) mass is 628 g/mol. The van der Waals surface area contributed by atoms with Gasteiger partial charge >= 0.3 is 5.97 Å². The maximum Gasteiger partial charge on any atom is 0.366 e. The molecule has 10 nitrogen and oxygen atoms in total. The molecule has 45 heavy (non-hydrogen) atoms. The number of ether oxygens (including phenoxy) is 2. The number of rotatable bonds is 11. The van der Waals surface area contributed by atoms with Gasteiger partial charge in [0.25, 0.3) is 12.1 Å². The lowest BCUT2D eigenvalue weighted by Crippen LogP contribution is -2.44. The summed E-state index contributed by atoms with van der Waals surface area (Å²) in [7, 11) is -2.01. The number of aromatic hydroxyl groups is 1. The fraction of sp³-hybridized carbons (Fsp3) is 0.147. The Hall–Kier alpha value is -5.42. The Balaban J connectivity index is 0.000000385. The molecule has 5 aromatic rings. The van der Waals surface area contributed by atoms with Crippen LogP contribution in [0.25, 0.3) is 10.9 Å². The number of carboxylic acids is 1. The predicted molar refractivity (Wildman–Crippen MR) is 169 cm³/mol. The number of phenols is 1. The molecule has 1 aromatic heterocycles. The topological polar surface area (TPSA) is 152 Å². The second-order valence-corrected chi connectivity index (χ2v) is 11.9. The Morgan fingerprint density at radius 1 is 0.867 bits per heavy atom. The number of fused-ring (bicyclic) bond motifs is 1. The van der Waals surface area contributed by atoms with Crippen molar-refractivity contribution in [3.63, 3.8) is 0 Å². The molecule has 1 atom stereocenters. The number of pyridine rings is 1. The van der Waals surface area contributed by atoms with E-state index in [0.29, 0.717) is 18.6 Å². The van der Waals surface area contributed by atoms with E-state index in [2.05, 4.69) is 22.4 Å². The van der Waals surface area contributed by atoms with Gasteiger partial charge in [0, 0.05) is 17.1 Å². The summed E-state index contributed by atoms with van der Waals surface area (Å²) >= 11 is 0. The number of carboxylic acid groups (broad SMARTS) is 1. The number of carbonyl (C=O) groups excluding carboxylic acids is 1. The van der Waals surface area contributed by atoms with Crippen LogP contribution in [0.1, 0.15) is 22.3 Å². The highest BCUT2D eigenvalue weighted by molar-refractivity contribution is 7.91. The Labute approximate surface area is 260 Å². The van der Waals surface area contributed by atoms with Crippen molar-refractivity contribution in [2.75, 3.05) is 12.9 Å². The van der Waals surface area contributed by atoms with E-state index in [1.165, 1.54) is 48.9 Å². The van der Waals surface area contributed by atoms with Gasteiger partial charge in [-0.25, -0.2) is 13.2 Å². The molecule has 0 spiro atoms. The smallest absolute Gasteiger partial charge is 0.366 e. The summed E-state index contributed by atoms with van der Waals surface area (Å²) in [6.07, 6.45) is 1.04. The van der Waals surface area contributed by atoms with Crippen molar-refractivity contribution in [1.82, 2.24) is 10.3 Å². The summed E-state index contributed by atoms with van der Waals surface area (Å²) in [6.45, 7) is 0. The Morgan fingerprint density at radius 2 is 1.58 bits per heavy atom. The average molecular weight is 629 g/mol. The quantitative estimate of drug-likeness (QED) is 0.166. The Bertz CT molecular complexity index is 1780. The summed E-state index contributed by atoms with van der Waals surface area (Å²) in [5, 5.41) is 22.3. The number of carbonyl (C=O) groups is 2. The van der Waals surface area contributed by atoms with E-state index >= 15 is 0 Å². The fourth-order valence-electron chi connectivity index (χ4n) is 4.23. The Kier molecular flexibility index (Phi) is 11.1. The first-order chi connectivity index (χ1) is 21.6. The first kappa shape index (κ1) is 32.5. The second-order valence-electron chi connectivity index (χ2n) is 9.80. The number of phenolic OH excluding ortho intramolecular Hbond substituents is 1. The molecule has 232 valence electrons. The average Bonchev–Trinajstić information content (AvgIpc) is 3.05. The summed E-state index contributed by atoms with van der Waals surface area (Å²) in [6, 6.07) is 30.2. The van der Waals surface area contributed by atoms with E-state index in [9.17, 15) is 28.2 Å². The molecule has 1 heterocycles. The van der Waals surface area contributed by atoms with Crippen LogP contribution in [0.3, 0.4) is 0 Å². The molecule has 0 aliphatic heterocycles. The molecule has 3 N–H and O–H groups in total. The van der Waals surface area contributed by atoms with Gasteiger partial charge in [-0.15, -0.1) is 0 Å². The molecule has 1 amide bonds. The van der Waals surface area contributed by atoms with Crippen LogP contribution in [-0.4, -0.2) is 54.6 Å². The lowest BCUT2D eigenvalue weighted by Gasteiger charge is -2.17. The number of nitrogens with one attached hydrogen (secondary N) is 1. The molecule has 0 saturated heterocycles. The molecular weight excluding hydrogens is 596 g/mol. The predicted octanol–water partition coefficient (Wildman–Crippen LogP) is 5.26. The Morgan fingerprint density at radius 3 is 2.27 bits per heavy atom. The molecule has 0 saturated carbocycles. The molecule has 0 bridgehead atoms. The number of methoxy groups -OCH3 is 1. The number of hydrogen-bond acceptors (Lipinski definition) is 8. The van der Waals surface area contributed by atoms with Crippen molar-refractivity contribution in [2.24, 2.45) is 0 Å². The van der Waals surface area contributed by atoms with E-state index < -0.39 is 27.9 Å². The van der Waals surface area contributed by atoms with Crippen molar-refractivity contribution in [2.45, 2.75) is 24.0 Å². The zero-order valence-corrected chi connectivity index (χ0v) is 25.2. The SMILES string of the molecule is COc1cccc(C(=O)NC(Oc2ccc(CCCS(=O)(=O)c3ccc(O)cc3)cc2)C(=O)O)c1.c1ccc2ncccc2c1. The third-order valence-electron chi connectivity index (χ3n) is 6.58. The molecule has 1 unspecified atom stereocenters. The number of hydrogen-bond donors (Lipinski definition) is 3. The van der Waals surface area contributed by atoms with Crippen LogP contribution in [0.4, 0.5) is 0 Å². The van der Waals surface area contributed by atoms with Crippen LogP contribution < -0.4 is 14.8 Å². The van der Waals surface area contributed by atoms with Crippen LogP contribution >= 0.6 is 0 Å². The van der Waals surface area contributed by atoms with Crippen LogP contribution in [0.5, 0.6) is 17.2 Å². The highest BCUT2D eigenvalue weighted by Gasteiger charge is 2.23. The number of aryl methyl sites for hydroxylation is 1. The first-order valence-electron chi connectivity index (χ1n) is 13.9. The molecule has 5 rings (SSSR count). The van der Waals surface area contributed by atoms with Gasteiger partial charge < -0.3 is 25.0 Å². The molecular formula is C34H32N2O8S.